The number of hydrogen-bond donors (Lipinski definition) is 0. The minimum Gasteiger partial charge on any atom is -1.00 e. The van der Waals surface area contributed by atoms with Crippen LogP contribution in [0.5, 0.6) is 0 Å². The van der Waals surface area contributed by atoms with Crippen LogP contribution in [0.4, 0.5) is 0 Å². The Labute approximate surface area is 754 Å². The molecule has 0 aromatic carbocycles. The van der Waals surface area contributed by atoms with Crippen molar-refractivity contribution in [1.82, 2.24) is 0 Å². The third kappa shape index (κ3) is 181. The molecule has 0 aromatic rings. The molecule has 0 unspecified atom stereocenters. The maximum Gasteiger partial charge on any atom is 1.00 e. The Balaban J connectivity index is 0. The van der Waals surface area contributed by atoms with Crippen LogP contribution in [-0.4, -0.2) is 5.48 Å². The van der Waals surface area contributed by atoms with Gasteiger partial charge in [0.1, 0.15) is 0 Å². The molecule has 0 atom stereocenters. The Bertz CT molecular complexity index is 57.1. The van der Waals surface area contributed by atoms with Gasteiger partial charge in [-0.1, -0.05) is 0 Å². The van der Waals surface area contributed by atoms with Crippen molar-refractivity contribution < 1.29 is 780 Å². The molecule has 0 aliphatic rings. The Morgan fingerprint density at radius 2 is 0.115 bits per heavy atom. The van der Waals surface area contributed by atoms with Gasteiger partial charge in [0.05, 0.1) is 0 Å². The van der Waals surface area contributed by atoms with E-state index in [1.165, 1.54) is 0 Å². The summed E-state index contributed by atoms with van der Waals surface area (Å²) in [5, 5.41) is 0. The number of rotatable bonds is 0. The molecule has 1 nitrogen and oxygen atoms in total. The Hall–Kier alpha value is 25.0. The molecule has 0 amide bonds. The van der Waals surface area contributed by atoms with Crippen LogP contribution in [0.1, 0.15) is 35.7 Å². The summed E-state index contributed by atoms with van der Waals surface area (Å²) in [5.74, 6) is 0. The Kier molecular flexibility index (Phi) is 1510. The van der Waals surface area contributed by atoms with E-state index >= 15 is 0 Å². The van der Waals surface area contributed by atoms with Crippen molar-refractivity contribution >= 4 is 0 Å². The molecule has 0 fully saturated rings. The summed E-state index contributed by atoms with van der Waals surface area (Å²) in [6.45, 7) is 0. The van der Waals surface area contributed by atoms with Crippen molar-refractivity contribution in [1.29, 1.82) is 0 Å². The zero-order valence-electron chi connectivity index (χ0n) is 50.5. The van der Waals surface area contributed by atoms with Crippen molar-refractivity contribution in [3.63, 3.8) is 0 Å². The minimum absolute atomic E-state index is 0. The van der Waals surface area contributed by atoms with Crippen LogP contribution in [0.25, 0.3) is 0 Å². The van der Waals surface area contributed by atoms with Gasteiger partial charge in [0.15, 0.2) is 0 Å². The maximum absolute atomic E-state index is 0. The smallest absolute Gasteiger partial charge is 1.00 e. The fourth-order valence-electron chi connectivity index (χ4n) is 0. The molecular weight excluding hydrogens is 591 g/mol. The van der Waals surface area contributed by atoms with E-state index in [0.29, 0.717) is 0 Å². The molecule has 0 radical (unpaired) electrons. The first-order valence-electron chi connectivity index (χ1n) is 0. The van der Waals surface area contributed by atoms with Crippen LogP contribution in [0.3, 0.4) is 0 Å². The fraction of sp³-hybridized carbons (Fsp3) is 0. The molecule has 0 saturated heterocycles. The van der Waals surface area contributed by atoms with Gasteiger partial charge in [0, 0.05) is 0 Å². The summed E-state index contributed by atoms with van der Waals surface area (Å²) in [4.78, 5) is 0. The van der Waals surface area contributed by atoms with Gasteiger partial charge in [0.25, 0.3) is 0 Å². The summed E-state index contributed by atoms with van der Waals surface area (Å²) in [5.41, 5.74) is 0. The van der Waals surface area contributed by atoms with Gasteiger partial charge in [-0.15, -0.1) is 0 Å². The van der Waals surface area contributed by atoms with E-state index in [-0.39, 0.29) is 780 Å². The molecule has 0 bridgehead atoms. The van der Waals surface area contributed by atoms with Crippen molar-refractivity contribution in [2.45, 2.75) is 0 Å². The van der Waals surface area contributed by atoms with Crippen LogP contribution >= 0.6 is 0 Å². The largest absolute Gasteiger partial charge is 1.00 e. The van der Waals surface area contributed by atoms with Gasteiger partial charge in [0.2, 0.25) is 0 Å². The molecule has 0 rings (SSSR count). The number of hydrogen-bond acceptors (Lipinski definition) is 0. The quantitative estimate of drug-likeness (QED) is 0.242. The average molecular weight is 618 g/mol. The molecule has 0 spiro atoms. The van der Waals surface area contributed by atoms with Crippen molar-refractivity contribution in [2.75, 3.05) is 0 Å². The van der Waals surface area contributed by atoms with E-state index < -0.39 is 0 Å². The second-order valence-electron chi connectivity index (χ2n) is 0. The third-order valence-corrected chi connectivity index (χ3v) is 0. The molecule has 0 aromatic heterocycles. The third-order valence-electron chi connectivity index (χ3n) is 0. The van der Waals surface area contributed by atoms with Crippen LogP contribution in [-0.2, 0) is 0 Å². The molecule has 26 heteroatoms. The normalized spacial score (nSPS) is 0. The summed E-state index contributed by atoms with van der Waals surface area (Å²) >= 11 is 0. The zero-order chi connectivity index (χ0) is 0. The molecule has 0 aliphatic heterocycles. The first-order chi connectivity index (χ1) is 0. The second-order valence-corrected chi connectivity index (χ2v) is 0. The van der Waals surface area contributed by atoms with E-state index in [4.69, 9.17) is 0 Å². The zero-order valence-corrected chi connectivity index (χ0v) is 75.5. The Morgan fingerprint density at radius 3 is 0.115 bits per heavy atom. The standard InChI is InChI=1S/25Na.H2O.25H/h;;;;;;;;;;;;;;;;;;;;;;;;;1H2;;;;;;;;;;;;;;;;;;;;;;;;;/q25*+1;;25*-1. The summed E-state index contributed by atoms with van der Waals surface area (Å²) < 4.78 is 0. The second kappa shape index (κ2) is 192. The summed E-state index contributed by atoms with van der Waals surface area (Å²) in [7, 11) is 0. The van der Waals surface area contributed by atoms with E-state index in [1.807, 2.05) is 0 Å². The van der Waals surface area contributed by atoms with Gasteiger partial charge < -0.3 is 41.1 Å². The van der Waals surface area contributed by atoms with E-state index in [0.717, 1.165) is 0 Å². The molecule has 2 N–H and O–H groups in total. The average Bonchev–Trinajstić information content (AvgIpc) is 0. The molecule has 0 aliphatic carbocycles. The van der Waals surface area contributed by atoms with E-state index in [1.54, 1.807) is 0 Å². The van der Waals surface area contributed by atoms with Crippen LogP contribution < -0.4 is 739 Å². The van der Waals surface area contributed by atoms with Gasteiger partial charge in [-0.3, -0.25) is 0 Å². The molecule has 58 valence electrons. The topological polar surface area (TPSA) is 31.5 Å². The predicted octanol–water partition coefficient (Wildman–Crippen LogP) is -72.9. The molecule has 0 heterocycles. The predicted molar refractivity (Wildman–Crippen MR) is 31.4 cm³/mol. The maximum atomic E-state index is 0. The molecule has 0 saturated carbocycles. The van der Waals surface area contributed by atoms with Crippen molar-refractivity contribution in [3.05, 3.63) is 0 Å². The van der Waals surface area contributed by atoms with Crippen molar-refractivity contribution in [3.8, 4) is 0 Å². The van der Waals surface area contributed by atoms with Crippen LogP contribution in [0.15, 0.2) is 0 Å². The van der Waals surface area contributed by atoms with Gasteiger partial charge in [-0.2, -0.15) is 0 Å². The summed E-state index contributed by atoms with van der Waals surface area (Å²) in [6, 6.07) is 0. The van der Waals surface area contributed by atoms with E-state index in [9.17, 15) is 0 Å². The first-order valence-corrected chi connectivity index (χ1v) is 0. The van der Waals surface area contributed by atoms with Crippen LogP contribution in [0, 0.1) is 0 Å². The first kappa shape index (κ1) is 204. The summed E-state index contributed by atoms with van der Waals surface area (Å²) in [6.07, 6.45) is 0. The Morgan fingerprint density at radius 1 is 0.115 bits per heavy atom. The monoisotopic (exact) mass is 618 g/mol. The van der Waals surface area contributed by atoms with Gasteiger partial charge in [-0.25, -0.2) is 0 Å². The van der Waals surface area contributed by atoms with Crippen LogP contribution in [0.2, 0.25) is 0 Å². The fourth-order valence-corrected chi connectivity index (χ4v) is 0. The van der Waals surface area contributed by atoms with Crippen molar-refractivity contribution in [2.24, 2.45) is 0 Å². The van der Waals surface area contributed by atoms with E-state index in [2.05, 4.69) is 0 Å². The SMILES string of the molecule is O.[H-].[H-].[H-].[H-].[H-].[H-].[H-].[H-].[H-].[H-].[H-].[H-].[H-].[H-].[H-].[H-].[H-].[H-].[H-].[H-].[H-].[H-].[H-].[H-].[H-].[Na+].[Na+].[Na+].[Na+].[Na+].[Na+].[Na+].[Na+].[Na+].[Na+].[Na+].[Na+].[Na+].[Na+].[Na+].[Na+].[Na+].[Na+].[Na+].[Na+].[Na+].[Na+].[Na+].[Na+].[Na+]. The minimum atomic E-state index is 0. The van der Waals surface area contributed by atoms with Gasteiger partial charge in [-0.05, 0) is 0 Å². The molecule has 26 heavy (non-hydrogen) atoms. The molecular formula is H27Na25O. The van der Waals surface area contributed by atoms with Gasteiger partial charge >= 0.3 is 739 Å².